The summed E-state index contributed by atoms with van der Waals surface area (Å²) in [6.45, 7) is 0. The number of ketones is 1. The van der Waals surface area contributed by atoms with Crippen LogP contribution in [0.3, 0.4) is 0 Å². The fourth-order valence-corrected chi connectivity index (χ4v) is 3.34. The number of aliphatic hydroxyl groups excluding tert-OH is 1. The predicted molar refractivity (Wildman–Crippen MR) is 88.5 cm³/mol. The van der Waals surface area contributed by atoms with Crippen LogP contribution < -0.4 is 10.7 Å². The van der Waals surface area contributed by atoms with Crippen LogP contribution in [0.5, 0.6) is 0 Å². The minimum atomic E-state index is -0.763. The summed E-state index contributed by atoms with van der Waals surface area (Å²) in [6, 6.07) is 18.3. The quantitative estimate of drug-likeness (QED) is 0.542. The van der Waals surface area contributed by atoms with E-state index in [2.05, 4.69) is 9.98 Å². The van der Waals surface area contributed by atoms with Gasteiger partial charge in [0.15, 0.2) is 5.78 Å². The van der Waals surface area contributed by atoms with Gasteiger partial charge in [0.2, 0.25) is 0 Å². The Balaban J connectivity index is 1.84. The molecule has 5 rings (SSSR count). The fourth-order valence-electron chi connectivity index (χ4n) is 3.34. The summed E-state index contributed by atoms with van der Waals surface area (Å²) in [5.41, 5.74) is 3.98. The second kappa shape index (κ2) is 4.69. The maximum Gasteiger partial charge on any atom is 0.197 e. The summed E-state index contributed by atoms with van der Waals surface area (Å²) >= 11 is 0. The van der Waals surface area contributed by atoms with Crippen LogP contribution in [0.4, 0.5) is 11.4 Å². The van der Waals surface area contributed by atoms with E-state index in [-0.39, 0.29) is 5.78 Å². The average molecular weight is 312 g/mol. The number of fused-ring (bicyclic) bond motifs is 4. The molecule has 2 aliphatic heterocycles. The highest BCUT2D eigenvalue weighted by molar-refractivity contribution is 6.12. The highest BCUT2D eigenvalue weighted by atomic mass is 16.3. The molecule has 4 nitrogen and oxygen atoms in total. The first-order chi connectivity index (χ1) is 11.7. The van der Waals surface area contributed by atoms with Gasteiger partial charge in [-0.1, -0.05) is 30.3 Å². The molecule has 0 amide bonds. The van der Waals surface area contributed by atoms with Crippen LogP contribution in [0.1, 0.15) is 33.2 Å². The SMILES string of the molecule is O=C1c2ccccc2N=c2cc3c(cc21)=Nc1ccccc1C3O. The zero-order valence-corrected chi connectivity index (χ0v) is 12.6. The monoisotopic (exact) mass is 312 g/mol. The Morgan fingerprint density at radius 2 is 1.46 bits per heavy atom. The molecule has 0 bridgehead atoms. The summed E-state index contributed by atoms with van der Waals surface area (Å²) < 4.78 is 0. The van der Waals surface area contributed by atoms with Crippen LogP contribution in [0.25, 0.3) is 0 Å². The van der Waals surface area contributed by atoms with Crippen LogP contribution in [0, 0.1) is 0 Å². The van der Waals surface area contributed by atoms with Crippen molar-refractivity contribution in [3.05, 3.63) is 93.6 Å². The lowest BCUT2D eigenvalue weighted by molar-refractivity contribution is 0.103. The molecule has 1 atom stereocenters. The van der Waals surface area contributed by atoms with Crippen molar-refractivity contribution in [3.8, 4) is 0 Å². The Morgan fingerprint density at radius 1 is 0.750 bits per heavy atom. The lowest BCUT2D eigenvalue weighted by Crippen LogP contribution is -2.29. The van der Waals surface area contributed by atoms with Crippen LogP contribution in [-0.2, 0) is 0 Å². The van der Waals surface area contributed by atoms with Crippen LogP contribution in [-0.4, -0.2) is 10.9 Å². The van der Waals surface area contributed by atoms with Gasteiger partial charge in [-0.25, -0.2) is 9.98 Å². The number of benzene rings is 3. The third-order valence-electron chi connectivity index (χ3n) is 4.55. The first kappa shape index (κ1) is 13.3. The van der Waals surface area contributed by atoms with Gasteiger partial charge in [0, 0.05) is 16.7 Å². The molecule has 3 aromatic rings. The molecule has 3 aromatic carbocycles. The van der Waals surface area contributed by atoms with E-state index >= 15 is 0 Å². The van der Waals surface area contributed by atoms with Crippen LogP contribution in [0.2, 0.25) is 0 Å². The van der Waals surface area contributed by atoms with Gasteiger partial charge in [0.25, 0.3) is 0 Å². The third kappa shape index (κ3) is 1.74. The second-order valence-corrected chi connectivity index (χ2v) is 5.96. The lowest BCUT2D eigenvalue weighted by atomic mass is 9.92. The van der Waals surface area contributed by atoms with Crippen molar-refractivity contribution in [2.75, 3.05) is 0 Å². The summed E-state index contributed by atoms with van der Waals surface area (Å²) in [4.78, 5) is 21.9. The van der Waals surface area contributed by atoms with Gasteiger partial charge in [0.05, 0.1) is 27.7 Å². The molecule has 0 aliphatic carbocycles. The molecule has 1 unspecified atom stereocenters. The van der Waals surface area contributed by atoms with E-state index in [4.69, 9.17) is 0 Å². The first-order valence-corrected chi connectivity index (χ1v) is 7.74. The normalized spacial score (nSPS) is 16.9. The van der Waals surface area contributed by atoms with Gasteiger partial charge in [-0.3, -0.25) is 4.79 Å². The number of rotatable bonds is 0. The van der Waals surface area contributed by atoms with Gasteiger partial charge in [-0.15, -0.1) is 0 Å². The average Bonchev–Trinajstić information content (AvgIpc) is 2.62. The number of hydrogen-bond acceptors (Lipinski definition) is 4. The number of nitrogens with zero attached hydrogens (tertiary/aromatic N) is 2. The summed E-state index contributed by atoms with van der Waals surface area (Å²) in [7, 11) is 0. The summed E-state index contributed by atoms with van der Waals surface area (Å²) in [5, 5.41) is 11.9. The number of carbonyl (C=O) groups is 1. The minimum Gasteiger partial charge on any atom is -0.383 e. The Bertz CT molecular complexity index is 1150. The summed E-state index contributed by atoms with van der Waals surface area (Å²) in [6.07, 6.45) is -0.763. The van der Waals surface area contributed by atoms with Crippen molar-refractivity contribution in [3.63, 3.8) is 0 Å². The maximum absolute atomic E-state index is 12.8. The van der Waals surface area contributed by atoms with E-state index < -0.39 is 6.10 Å². The number of para-hydroxylation sites is 2. The molecule has 114 valence electrons. The van der Waals surface area contributed by atoms with E-state index in [1.165, 1.54) is 0 Å². The van der Waals surface area contributed by atoms with Crippen molar-refractivity contribution in [1.29, 1.82) is 0 Å². The molecule has 0 fully saturated rings. The number of aliphatic hydroxyl groups is 1. The molecular formula is C20H12N2O2. The molecule has 0 aromatic heterocycles. The Hall–Kier alpha value is -3.11. The van der Waals surface area contributed by atoms with E-state index in [9.17, 15) is 9.90 Å². The van der Waals surface area contributed by atoms with Crippen LogP contribution >= 0.6 is 0 Å². The van der Waals surface area contributed by atoms with Gasteiger partial charge in [-0.2, -0.15) is 0 Å². The maximum atomic E-state index is 12.8. The molecule has 0 saturated carbocycles. The fraction of sp³-hybridized carbons (Fsp3) is 0.0500. The highest BCUT2D eigenvalue weighted by Gasteiger charge is 2.25. The zero-order valence-electron chi connectivity index (χ0n) is 12.6. The standard InChI is InChI=1S/C20H12N2O2/c23-19-11-5-1-3-7-15(11)21-17-10-14-18(9-13(17)19)22-16-8-4-2-6-12(16)20(14)24/h1-10,19,23H. The molecule has 4 heteroatoms. The molecule has 2 aliphatic rings. The van der Waals surface area contributed by atoms with Gasteiger partial charge < -0.3 is 5.11 Å². The number of carbonyl (C=O) groups excluding carboxylic acids is 1. The molecular weight excluding hydrogens is 300 g/mol. The zero-order chi connectivity index (χ0) is 16.3. The first-order valence-electron chi connectivity index (χ1n) is 7.74. The molecule has 0 radical (unpaired) electrons. The van der Waals surface area contributed by atoms with E-state index in [1.54, 1.807) is 18.2 Å². The van der Waals surface area contributed by atoms with Crippen molar-refractivity contribution < 1.29 is 9.90 Å². The lowest BCUT2D eigenvalue weighted by Gasteiger charge is -2.20. The number of hydrogen-bond donors (Lipinski definition) is 1. The van der Waals surface area contributed by atoms with Crippen LogP contribution in [0.15, 0.2) is 70.6 Å². The van der Waals surface area contributed by atoms with E-state index in [0.29, 0.717) is 33.1 Å². The molecule has 24 heavy (non-hydrogen) atoms. The second-order valence-electron chi connectivity index (χ2n) is 5.96. The van der Waals surface area contributed by atoms with Gasteiger partial charge in [-0.05, 0) is 30.3 Å². The van der Waals surface area contributed by atoms with E-state index in [0.717, 1.165) is 11.3 Å². The van der Waals surface area contributed by atoms with Gasteiger partial charge >= 0.3 is 0 Å². The smallest absolute Gasteiger partial charge is 0.197 e. The topological polar surface area (TPSA) is 62.0 Å². The third-order valence-corrected chi connectivity index (χ3v) is 4.55. The molecule has 0 spiro atoms. The van der Waals surface area contributed by atoms with Crippen molar-refractivity contribution in [2.45, 2.75) is 6.10 Å². The molecule has 1 N–H and O–H groups in total. The Labute approximate surface area is 137 Å². The predicted octanol–water partition coefficient (Wildman–Crippen LogP) is 2.53. The van der Waals surface area contributed by atoms with Crippen molar-refractivity contribution >= 4 is 17.2 Å². The highest BCUT2D eigenvalue weighted by Crippen LogP contribution is 2.32. The Morgan fingerprint density at radius 3 is 2.33 bits per heavy atom. The minimum absolute atomic E-state index is 0.0538. The van der Waals surface area contributed by atoms with Gasteiger partial charge in [0.1, 0.15) is 6.10 Å². The van der Waals surface area contributed by atoms with Crippen molar-refractivity contribution in [1.82, 2.24) is 0 Å². The largest absolute Gasteiger partial charge is 0.383 e. The summed E-state index contributed by atoms with van der Waals surface area (Å²) in [5.74, 6) is -0.0538. The van der Waals surface area contributed by atoms with E-state index in [1.807, 2.05) is 42.5 Å². The molecule has 0 saturated heterocycles. The molecule has 2 heterocycles. The van der Waals surface area contributed by atoms with Crippen molar-refractivity contribution in [2.24, 2.45) is 9.98 Å². The Kier molecular flexibility index (Phi) is 2.61.